The Morgan fingerprint density at radius 1 is 1.04 bits per heavy atom. The van der Waals surface area contributed by atoms with E-state index in [1.807, 2.05) is 35.7 Å². The van der Waals surface area contributed by atoms with Gasteiger partial charge in [-0.25, -0.2) is 15.0 Å². The lowest BCUT2D eigenvalue weighted by molar-refractivity contribution is 0.306. The summed E-state index contributed by atoms with van der Waals surface area (Å²) in [6, 6.07) is 11.5. The highest BCUT2D eigenvalue weighted by molar-refractivity contribution is 7.09. The Morgan fingerprint density at radius 3 is 2.80 bits per heavy atom. The minimum absolute atomic E-state index is 0.457. The zero-order valence-corrected chi connectivity index (χ0v) is 14.6. The average Bonchev–Trinajstić information content (AvgIpc) is 3.15. The molecule has 0 fully saturated rings. The lowest BCUT2D eigenvalue weighted by Gasteiger charge is -2.10. The number of halogens is 1. The van der Waals surface area contributed by atoms with Crippen molar-refractivity contribution >= 4 is 45.2 Å². The smallest absolute Gasteiger partial charge is 0.140 e. The lowest BCUT2D eigenvalue weighted by Crippen LogP contribution is -1.97. The molecule has 1 N–H and O–H groups in total. The predicted molar refractivity (Wildman–Crippen MR) is 101 cm³/mol. The van der Waals surface area contributed by atoms with Gasteiger partial charge >= 0.3 is 0 Å². The van der Waals surface area contributed by atoms with Gasteiger partial charge in [0.25, 0.3) is 0 Å². The summed E-state index contributed by atoms with van der Waals surface area (Å²) in [4.78, 5) is 12.7. The first-order valence-electron chi connectivity index (χ1n) is 7.56. The van der Waals surface area contributed by atoms with Crippen LogP contribution in [0.2, 0.25) is 5.15 Å². The van der Waals surface area contributed by atoms with Crippen molar-refractivity contribution in [2.45, 2.75) is 6.61 Å². The van der Waals surface area contributed by atoms with Crippen LogP contribution in [0.15, 0.2) is 60.4 Å². The predicted octanol–water partition coefficient (Wildman–Crippen LogP) is 5.06. The van der Waals surface area contributed by atoms with Crippen molar-refractivity contribution in [1.82, 2.24) is 15.0 Å². The van der Waals surface area contributed by atoms with E-state index in [2.05, 4.69) is 20.3 Å². The topological polar surface area (TPSA) is 59.9 Å². The number of hydrogen-bond acceptors (Lipinski definition) is 6. The standard InChI is InChI=1S/C18H13ClN4OS/c19-16-4-1-13(10-22-16)23-18-15-3-2-14(9-12(15)5-6-21-18)24-11-17-20-7-8-25-17/h1-10H,11H2,(H,21,23). The van der Waals surface area contributed by atoms with Crippen LogP contribution in [-0.2, 0) is 6.61 Å². The Bertz CT molecular complexity index is 990. The fourth-order valence-electron chi connectivity index (χ4n) is 2.40. The molecule has 0 radical (unpaired) electrons. The monoisotopic (exact) mass is 368 g/mol. The minimum atomic E-state index is 0.457. The molecule has 124 valence electrons. The summed E-state index contributed by atoms with van der Waals surface area (Å²) in [6.07, 6.45) is 5.21. The van der Waals surface area contributed by atoms with E-state index in [1.54, 1.807) is 36.0 Å². The Balaban J connectivity index is 1.57. The number of benzene rings is 1. The summed E-state index contributed by atoms with van der Waals surface area (Å²) >= 11 is 7.40. The van der Waals surface area contributed by atoms with Crippen LogP contribution in [0.1, 0.15) is 5.01 Å². The molecule has 4 rings (SSSR count). The molecular weight excluding hydrogens is 356 g/mol. The highest BCUT2D eigenvalue weighted by atomic mass is 35.5. The van der Waals surface area contributed by atoms with Gasteiger partial charge in [0, 0.05) is 23.2 Å². The number of nitrogens with zero attached hydrogens (tertiary/aromatic N) is 3. The summed E-state index contributed by atoms with van der Waals surface area (Å²) in [5, 5.41) is 8.65. The van der Waals surface area contributed by atoms with Crippen LogP contribution in [0.25, 0.3) is 10.8 Å². The Labute approximate surface area is 153 Å². The van der Waals surface area contributed by atoms with Crippen LogP contribution in [0.5, 0.6) is 5.75 Å². The summed E-state index contributed by atoms with van der Waals surface area (Å²) < 4.78 is 5.81. The molecule has 0 unspecified atom stereocenters. The van der Waals surface area contributed by atoms with Crippen molar-refractivity contribution in [3.05, 3.63) is 70.5 Å². The molecule has 0 amide bonds. The minimum Gasteiger partial charge on any atom is -0.486 e. The molecule has 4 aromatic rings. The van der Waals surface area contributed by atoms with Crippen molar-refractivity contribution in [2.24, 2.45) is 0 Å². The second-order valence-corrected chi connectivity index (χ2v) is 6.62. The Hall–Kier alpha value is -2.70. The molecule has 0 saturated carbocycles. The number of hydrogen-bond donors (Lipinski definition) is 1. The van der Waals surface area contributed by atoms with Crippen molar-refractivity contribution < 1.29 is 4.74 Å². The highest BCUT2D eigenvalue weighted by Gasteiger charge is 2.06. The van der Waals surface area contributed by atoms with Gasteiger partial charge in [0.2, 0.25) is 0 Å². The lowest BCUT2D eigenvalue weighted by atomic mass is 10.1. The molecule has 3 aromatic heterocycles. The molecule has 0 atom stereocenters. The van der Waals surface area contributed by atoms with E-state index in [-0.39, 0.29) is 0 Å². The van der Waals surface area contributed by atoms with Crippen LogP contribution in [0, 0.1) is 0 Å². The number of fused-ring (bicyclic) bond motifs is 1. The van der Waals surface area contributed by atoms with Crippen LogP contribution in [-0.4, -0.2) is 15.0 Å². The Morgan fingerprint density at radius 2 is 2.00 bits per heavy atom. The SMILES string of the molecule is Clc1ccc(Nc2nccc3cc(OCc4nccs4)ccc23)cn1. The molecule has 7 heteroatoms. The summed E-state index contributed by atoms with van der Waals surface area (Å²) in [5.41, 5.74) is 0.827. The van der Waals surface area contributed by atoms with Crippen LogP contribution < -0.4 is 10.1 Å². The zero-order chi connectivity index (χ0) is 17.1. The molecule has 0 spiro atoms. The van der Waals surface area contributed by atoms with Gasteiger partial charge < -0.3 is 10.1 Å². The molecule has 25 heavy (non-hydrogen) atoms. The van der Waals surface area contributed by atoms with E-state index >= 15 is 0 Å². The highest BCUT2D eigenvalue weighted by Crippen LogP contribution is 2.28. The maximum atomic E-state index is 5.82. The second-order valence-electron chi connectivity index (χ2n) is 5.25. The quantitative estimate of drug-likeness (QED) is 0.499. The van der Waals surface area contributed by atoms with Crippen LogP contribution >= 0.6 is 22.9 Å². The molecule has 5 nitrogen and oxygen atoms in total. The third kappa shape index (κ3) is 3.70. The maximum Gasteiger partial charge on any atom is 0.140 e. The third-order valence-electron chi connectivity index (χ3n) is 3.57. The largest absolute Gasteiger partial charge is 0.486 e. The first-order valence-corrected chi connectivity index (χ1v) is 8.82. The van der Waals surface area contributed by atoms with Crippen LogP contribution in [0.4, 0.5) is 11.5 Å². The van der Waals surface area contributed by atoms with Crippen molar-refractivity contribution in [3.63, 3.8) is 0 Å². The first-order chi connectivity index (χ1) is 12.3. The number of thiazole rings is 1. The average molecular weight is 369 g/mol. The van der Waals surface area contributed by atoms with E-state index in [1.165, 1.54) is 0 Å². The van der Waals surface area contributed by atoms with Crippen LogP contribution in [0.3, 0.4) is 0 Å². The van der Waals surface area contributed by atoms with Gasteiger partial charge in [0.1, 0.15) is 28.3 Å². The summed E-state index contributed by atoms with van der Waals surface area (Å²) in [7, 11) is 0. The fourth-order valence-corrected chi connectivity index (χ4v) is 3.04. The Kier molecular flexibility index (Phi) is 4.45. The molecule has 0 bridgehead atoms. The number of pyridine rings is 2. The van der Waals surface area contributed by atoms with Gasteiger partial charge in [-0.1, -0.05) is 11.6 Å². The van der Waals surface area contributed by atoms with Gasteiger partial charge in [0.05, 0.1) is 11.9 Å². The van der Waals surface area contributed by atoms with E-state index in [9.17, 15) is 0 Å². The van der Waals surface area contributed by atoms with Gasteiger partial charge in [0.15, 0.2) is 0 Å². The number of ether oxygens (including phenoxy) is 1. The second kappa shape index (κ2) is 7.04. The number of rotatable bonds is 5. The van der Waals surface area contributed by atoms with Crippen molar-refractivity contribution in [2.75, 3.05) is 5.32 Å². The third-order valence-corrected chi connectivity index (χ3v) is 4.55. The summed E-state index contributed by atoms with van der Waals surface area (Å²) in [6.45, 7) is 0.468. The van der Waals surface area contributed by atoms with E-state index < -0.39 is 0 Å². The van der Waals surface area contributed by atoms with Crippen molar-refractivity contribution in [3.8, 4) is 5.75 Å². The molecule has 0 aliphatic carbocycles. The number of nitrogens with one attached hydrogen (secondary N) is 1. The van der Waals surface area contributed by atoms with E-state index in [0.717, 1.165) is 33.0 Å². The van der Waals surface area contributed by atoms with Gasteiger partial charge in [-0.15, -0.1) is 11.3 Å². The molecule has 0 saturated heterocycles. The molecule has 3 heterocycles. The number of anilines is 2. The molecule has 0 aliphatic rings. The molecule has 0 aliphatic heterocycles. The van der Waals surface area contributed by atoms with E-state index in [0.29, 0.717) is 11.8 Å². The normalized spacial score (nSPS) is 10.8. The maximum absolute atomic E-state index is 5.82. The van der Waals surface area contributed by atoms with Gasteiger partial charge in [-0.05, 0) is 41.8 Å². The van der Waals surface area contributed by atoms with Gasteiger partial charge in [-0.3, -0.25) is 0 Å². The van der Waals surface area contributed by atoms with E-state index in [4.69, 9.17) is 16.3 Å². The van der Waals surface area contributed by atoms with Crippen molar-refractivity contribution in [1.29, 1.82) is 0 Å². The zero-order valence-electron chi connectivity index (χ0n) is 13.0. The number of aromatic nitrogens is 3. The van der Waals surface area contributed by atoms with Gasteiger partial charge in [-0.2, -0.15) is 0 Å². The summed E-state index contributed by atoms with van der Waals surface area (Å²) in [5.74, 6) is 1.56. The molecule has 1 aromatic carbocycles. The first kappa shape index (κ1) is 15.8. The molecular formula is C18H13ClN4OS. The fraction of sp³-hybridized carbons (Fsp3) is 0.0556.